The lowest BCUT2D eigenvalue weighted by atomic mass is 10.1. The molecule has 1 aliphatic heterocycles. The molecule has 19 heavy (non-hydrogen) atoms. The smallest absolute Gasteiger partial charge is 0.0726 e. The SMILES string of the molecule is CN1CCCC1CCNCn1ccc2ccccc21. The van der Waals surface area contributed by atoms with Gasteiger partial charge in [0.1, 0.15) is 0 Å². The Morgan fingerprint density at radius 2 is 2.16 bits per heavy atom. The molecule has 0 radical (unpaired) electrons. The maximum absolute atomic E-state index is 3.56. The highest BCUT2D eigenvalue weighted by atomic mass is 15.2. The summed E-state index contributed by atoms with van der Waals surface area (Å²) in [6, 6.07) is 11.5. The molecule has 2 aromatic rings. The summed E-state index contributed by atoms with van der Waals surface area (Å²) in [5.41, 5.74) is 1.31. The molecule has 3 rings (SSSR count). The maximum Gasteiger partial charge on any atom is 0.0726 e. The molecule has 0 spiro atoms. The van der Waals surface area contributed by atoms with Gasteiger partial charge in [0.15, 0.2) is 0 Å². The topological polar surface area (TPSA) is 20.2 Å². The second kappa shape index (κ2) is 5.76. The first-order valence-corrected chi connectivity index (χ1v) is 7.29. The lowest BCUT2D eigenvalue weighted by Gasteiger charge is -2.19. The number of hydrogen-bond donors (Lipinski definition) is 1. The van der Waals surface area contributed by atoms with E-state index in [4.69, 9.17) is 0 Å². The van der Waals surface area contributed by atoms with Crippen molar-refractivity contribution in [3.05, 3.63) is 36.5 Å². The highest BCUT2D eigenvalue weighted by Gasteiger charge is 2.19. The van der Waals surface area contributed by atoms with Crippen molar-refractivity contribution >= 4 is 10.9 Å². The quantitative estimate of drug-likeness (QED) is 0.831. The third-order valence-electron chi connectivity index (χ3n) is 4.29. The Bertz CT molecular complexity index is 532. The number of para-hydroxylation sites is 1. The zero-order valence-electron chi connectivity index (χ0n) is 11.7. The van der Waals surface area contributed by atoms with E-state index in [1.807, 2.05) is 0 Å². The van der Waals surface area contributed by atoms with Crippen LogP contribution >= 0.6 is 0 Å². The fourth-order valence-corrected chi connectivity index (χ4v) is 3.09. The minimum absolute atomic E-state index is 0.786. The molecule has 0 saturated carbocycles. The molecule has 102 valence electrons. The van der Waals surface area contributed by atoms with Gasteiger partial charge in [-0.05, 0) is 56.9 Å². The maximum atomic E-state index is 3.56. The summed E-state index contributed by atoms with van der Waals surface area (Å²) in [6.07, 6.45) is 6.16. The van der Waals surface area contributed by atoms with Crippen LogP contribution in [0.25, 0.3) is 10.9 Å². The number of rotatable bonds is 5. The van der Waals surface area contributed by atoms with E-state index in [0.29, 0.717) is 0 Å². The van der Waals surface area contributed by atoms with Gasteiger partial charge in [0.05, 0.1) is 6.67 Å². The van der Waals surface area contributed by atoms with E-state index < -0.39 is 0 Å². The average molecular weight is 257 g/mol. The zero-order valence-corrected chi connectivity index (χ0v) is 11.7. The van der Waals surface area contributed by atoms with Crippen molar-refractivity contribution in [1.29, 1.82) is 0 Å². The Balaban J connectivity index is 1.50. The summed E-state index contributed by atoms with van der Waals surface area (Å²) in [5.74, 6) is 0. The van der Waals surface area contributed by atoms with Gasteiger partial charge in [-0.25, -0.2) is 0 Å². The molecule has 1 aromatic carbocycles. The second-order valence-corrected chi connectivity index (χ2v) is 5.57. The number of aromatic nitrogens is 1. The van der Waals surface area contributed by atoms with Gasteiger partial charge in [-0.1, -0.05) is 18.2 Å². The van der Waals surface area contributed by atoms with Crippen LogP contribution in [0.15, 0.2) is 36.5 Å². The van der Waals surface area contributed by atoms with Crippen molar-refractivity contribution in [2.45, 2.75) is 32.0 Å². The third kappa shape index (κ3) is 2.82. The molecule has 1 aliphatic rings. The van der Waals surface area contributed by atoms with Gasteiger partial charge in [-0.2, -0.15) is 0 Å². The van der Waals surface area contributed by atoms with Crippen LogP contribution in [0.3, 0.4) is 0 Å². The van der Waals surface area contributed by atoms with Gasteiger partial charge >= 0.3 is 0 Å². The summed E-state index contributed by atoms with van der Waals surface area (Å²) in [4.78, 5) is 2.49. The van der Waals surface area contributed by atoms with Crippen LogP contribution in [-0.2, 0) is 6.67 Å². The Hall–Kier alpha value is -1.32. The van der Waals surface area contributed by atoms with Crippen LogP contribution in [0.4, 0.5) is 0 Å². The molecule has 1 aromatic heterocycles. The van der Waals surface area contributed by atoms with Gasteiger partial charge in [0.2, 0.25) is 0 Å². The molecule has 1 fully saturated rings. The third-order valence-corrected chi connectivity index (χ3v) is 4.29. The van der Waals surface area contributed by atoms with E-state index in [1.165, 1.54) is 36.7 Å². The molecule has 2 heterocycles. The standard InChI is InChI=1S/C16H23N3/c1-18-11-4-6-15(18)8-10-17-13-19-12-9-14-5-2-3-7-16(14)19/h2-3,5,7,9,12,15,17H,4,6,8,10-11,13H2,1H3. The van der Waals surface area contributed by atoms with Crippen molar-refractivity contribution in [3.63, 3.8) is 0 Å². The van der Waals surface area contributed by atoms with Crippen LogP contribution in [-0.4, -0.2) is 35.6 Å². The molecule has 0 aliphatic carbocycles. The lowest BCUT2D eigenvalue weighted by molar-refractivity contribution is 0.291. The van der Waals surface area contributed by atoms with Gasteiger partial charge in [0, 0.05) is 17.8 Å². The van der Waals surface area contributed by atoms with Crippen LogP contribution in [0.5, 0.6) is 0 Å². The Morgan fingerprint density at radius 1 is 1.26 bits per heavy atom. The Labute approximate surface area is 115 Å². The molecule has 1 unspecified atom stereocenters. The lowest BCUT2D eigenvalue weighted by Crippen LogP contribution is -2.29. The number of hydrogen-bond acceptors (Lipinski definition) is 2. The van der Waals surface area contributed by atoms with E-state index in [9.17, 15) is 0 Å². The van der Waals surface area contributed by atoms with Crippen molar-refractivity contribution in [1.82, 2.24) is 14.8 Å². The van der Waals surface area contributed by atoms with E-state index in [1.54, 1.807) is 0 Å². The van der Waals surface area contributed by atoms with Crippen LogP contribution in [0.1, 0.15) is 19.3 Å². The first-order valence-electron chi connectivity index (χ1n) is 7.29. The predicted molar refractivity (Wildman–Crippen MR) is 80.2 cm³/mol. The Morgan fingerprint density at radius 3 is 3.00 bits per heavy atom. The number of likely N-dealkylation sites (tertiary alicyclic amines) is 1. The van der Waals surface area contributed by atoms with E-state index in [2.05, 4.69) is 58.4 Å². The average Bonchev–Trinajstić information content (AvgIpc) is 3.02. The van der Waals surface area contributed by atoms with E-state index in [0.717, 1.165) is 19.3 Å². The van der Waals surface area contributed by atoms with Crippen LogP contribution in [0, 0.1) is 0 Å². The van der Waals surface area contributed by atoms with Crippen molar-refractivity contribution in [2.75, 3.05) is 20.1 Å². The predicted octanol–water partition coefficient (Wildman–Crippen LogP) is 2.67. The number of fused-ring (bicyclic) bond motifs is 1. The molecule has 3 heteroatoms. The first kappa shape index (κ1) is 12.7. The number of benzene rings is 1. The number of nitrogens with one attached hydrogen (secondary N) is 1. The molecule has 3 nitrogen and oxygen atoms in total. The summed E-state index contributed by atoms with van der Waals surface area (Å²) in [5, 5.41) is 4.88. The van der Waals surface area contributed by atoms with Crippen LogP contribution < -0.4 is 5.32 Å². The van der Waals surface area contributed by atoms with Crippen molar-refractivity contribution in [2.24, 2.45) is 0 Å². The Kier molecular flexibility index (Phi) is 3.85. The van der Waals surface area contributed by atoms with Gasteiger partial charge < -0.3 is 9.47 Å². The second-order valence-electron chi connectivity index (χ2n) is 5.57. The molecule has 0 bridgehead atoms. The zero-order chi connectivity index (χ0) is 13.1. The van der Waals surface area contributed by atoms with Gasteiger partial charge in [0.25, 0.3) is 0 Å². The molecular weight excluding hydrogens is 234 g/mol. The molecule has 1 N–H and O–H groups in total. The fraction of sp³-hybridized carbons (Fsp3) is 0.500. The van der Waals surface area contributed by atoms with Crippen LogP contribution in [0.2, 0.25) is 0 Å². The highest BCUT2D eigenvalue weighted by molar-refractivity contribution is 5.79. The highest BCUT2D eigenvalue weighted by Crippen LogP contribution is 2.17. The van der Waals surface area contributed by atoms with E-state index in [-0.39, 0.29) is 0 Å². The number of nitrogens with zero attached hydrogens (tertiary/aromatic N) is 2. The van der Waals surface area contributed by atoms with Crippen molar-refractivity contribution < 1.29 is 0 Å². The first-order chi connectivity index (χ1) is 9.34. The van der Waals surface area contributed by atoms with Gasteiger partial charge in [-0.15, -0.1) is 0 Å². The van der Waals surface area contributed by atoms with E-state index >= 15 is 0 Å². The molecule has 1 saturated heterocycles. The monoisotopic (exact) mass is 257 g/mol. The molecule has 1 atom stereocenters. The van der Waals surface area contributed by atoms with Crippen molar-refractivity contribution in [3.8, 4) is 0 Å². The molecular formula is C16H23N3. The summed E-state index contributed by atoms with van der Waals surface area (Å²) in [7, 11) is 2.25. The fourth-order valence-electron chi connectivity index (χ4n) is 3.09. The summed E-state index contributed by atoms with van der Waals surface area (Å²) < 4.78 is 2.29. The summed E-state index contributed by atoms with van der Waals surface area (Å²) in [6.45, 7) is 3.28. The minimum atomic E-state index is 0.786. The normalized spacial score (nSPS) is 20.4. The minimum Gasteiger partial charge on any atom is -0.334 e. The van der Waals surface area contributed by atoms with Gasteiger partial charge in [-0.3, -0.25) is 5.32 Å². The summed E-state index contributed by atoms with van der Waals surface area (Å²) >= 11 is 0. The molecule has 0 amide bonds. The largest absolute Gasteiger partial charge is 0.334 e.